The number of aliphatic hydroxyl groups excluding tert-OH is 1. The van der Waals surface area contributed by atoms with Crippen molar-refractivity contribution in [1.29, 1.82) is 0 Å². The molecule has 11 heteroatoms. The summed E-state index contributed by atoms with van der Waals surface area (Å²) < 4.78 is 10.2. The normalized spacial score (nSPS) is 19.7. The van der Waals surface area contributed by atoms with Crippen molar-refractivity contribution in [1.82, 2.24) is 9.88 Å². The van der Waals surface area contributed by atoms with Crippen LogP contribution in [-0.4, -0.2) is 57.7 Å². The largest absolute Gasteiger partial charge is 0.427 e. The number of hydrogen-bond donors (Lipinski definition) is 3. The number of fused-ring (bicyclic) bond motifs is 1. The zero-order valence-corrected chi connectivity index (χ0v) is 21.6. The van der Waals surface area contributed by atoms with Gasteiger partial charge in [-0.1, -0.05) is 17.7 Å². The molecule has 3 atom stereocenters. The Morgan fingerprint density at radius 1 is 1.24 bits per heavy atom. The summed E-state index contributed by atoms with van der Waals surface area (Å²) in [6.07, 6.45) is 1.02. The molecule has 1 saturated heterocycles. The van der Waals surface area contributed by atoms with Gasteiger partial charge in [0.05, 0.1) is 34.2 Å². The van der Waals surface area contributed by atoms with E-state index >= 15 is 0 Å². The molecule has 196 valence electrons. The highest BCUT2D eigenvalue weighted by Crippen LogP contribution is 2.47. The Balaban J connectivity index is 1.59. The summed E-state index contributed by atoms with van der Waals surface area (Å²) in [5.41, 5.74) is 1.01. The van der Waals surface area contributed by atoms with E-state index in [4.69, 9.17) is 21.1 Å². The number of aromatic amines is 1. The Labute approximate surface area is 218 Å². The third kappa shape index (κ3) is 5.12. The molecule has 1 fully saturated rings. The monoisotopic (exact) mass is 529 g/mol. The lowest BCUT2D eigenvalue weighted by Gasteiger charge is -2.44. The molecule has 2 aliphatic rings. The first-order chi connectivity index (χ1) is 17.4. The Morgan fingerprint density at radius 3 is 2.57 bits per heavy atom. The predicted octanol–water partition coefficient (Wildman–Crippen LogP) is 3.33. The number of nitrogens with one attached hydrogen (secondary N) is 2. The lowest BCUT2D eigenvalue weighted by atomic mass is 9.82. The Hall–Kier alpha value is -3.63. The molecule has 0 aliphatic carbocycles. The van der Waals surface area contributed by atoms with E-state index in [1.54, 1.807) is 57.3 Å². The van der Waals surface area contributed by atoms with Gasteiger partial charge in [-0.05, 0) is 69.5 Å². The van der Waals surface area contributed by atoms with Gasteiger partial charge in [-0.15, -0.1) is 0 Å². The van der Waals surface area contributed by atoms with Crippen molar-refractivity contribution in [3.05, 3.63) is 58.5 Å². The molecule has 37 heavy (non-hydrogen) atoms. The average molecular weight is 530 g/mol. The molecule has 10 nitrogen and oxygen atoms in total. The number of benzene rings is 1. The van der Waals surface area contributed by atoms with Crippen LogP contribution in [0.15, 0.2) is 42.2 Å². The molecule has 0 spiro atoms. The van der Waals surface area contributed by atoms with Gasteiger partial charge in [-0.2, -0.15) is 0 Å². The third-order valence-corrected chi connectivity index (χ3v) is 6.64. The molecule has 0 bridgehead atoms. The molecule has 3 heterocycles. The van der Waals surface area contributed by atoms with Crippen LogP contribution in [0.25, 0.3) is 5.57 Å². The van der Waals surface area contributed by atoms with Crippen LogP contribution in [-0.2, 0) is 23.9 Å². The second-order valence-electron chi connectivity index (χ2n) is 10.0. The molecule has 3 N–H and O–H groups in total. The smallest absolute Gasteiger partial charge is 0.358 e. The number of carbonyl (C=O) groups is 4. The predicted molar refractivity (Wildman–Crippen MR) is 134 cm³/mol. The number of carbonyl (C=O) groups excluding carboxylic acids is 4. The van der Waals surface area contributed by atoms with Crippen molar-refractivity contribution in [3.8, 4) is 0 Å². The second-order valence-corrected chi connectivity index (χ2v) is 10.4. The number of ether oxygens (including phenoxy) is 2. The molecular formula is C26H28ClN3O7. The fourth-order valence-corrected chi connectivity index (χ4v) is 4.63. The first kappa shape index (κ1) is 26.4. The van der Waals surface area contributed by atoms with Gasteiger partial charge >= 0.3 is 11.9 Å². The third-order valence-electron chi connectivity index (χ3n) is 6.32. The minimum absolute atomic E-state index is 0.0120. The maximum absolute atomic E-state index is 13.1. The maximum atomic E-state index is 13.1. The number of β-lactam (4-membered cyclic amide) rings is 1. The molecule has 1 aromatic carbocycles. The van der Waals surface area contributed by atoms with Crippen LogP contribution in [0.2, 0.25) is 5.02 Å². The molecule has 0 saturated carbocycles. The number of hydrogen-bond acceptors (Lipinski definition) is 7. The average Bonchev–Trinajstić information content (AvgIpc) is 3.46. The fourth-order valence-electron chi connectivity index (χ4n) is 4.40. The van der Waals surface area contributed by atoms with Gasteiger partial charge in [0.15, 0.2) is 0 Å². The summed E-state index contributed by atoms with van der Waals surface area (Å²) in [7, 11) is 0. The SMILES string of the molecule is C[C@@H](O)[C@H]1C(=O)N2C(C(=O)OCOC(=O)C(C)(C)C)=C(c3ccc(NC(=O)c4ccc[nH]4)c(Cl)c3)C[C@H]12. The number of anilines is 1. The summed E-state index contributed by atoms with van der Waals surface area (Å²) in [6, 6.07) is 7.75. The van der Waals surface area contributed by atoms with Crippen LogP contribution < -0.4 is 5.32 Å². The van der Waals surface area contributed by atoms with Crippen LogP contribution >= 0.6 is 11.6 Å². The molecule has 0 radical (unpaired) electrons. The number of nitrogens with zero attached hydrogens (tertiary/aromatic N) is 1. The summed E-state index contributed by atoms with van der Waals surface area (Å²) in [4.78, 5) is 54.4. The highest BCUT2D eigenvalue weighted by atomic mass is 35.5. The van der Waals surface area contributed by atoms with Gasteiger partial charge in [-0.25, -0.2) is 4.79 Å². The Kier molecular flexibility index (Phi) is 7.16. The number of amides is 2. The summed E-state index contributed by atoms with van der Waals surface area (Å²) in [5.74, 6) is -2.81. The first-order valence-corrected chi connectivity index (χ1v) is 12.1. The quantitative estimate of drug-likeness (QED) is 0.284. The highest BCUT2D eigenvalue weighted by Gasteiger charge is 2.57. The van der Waals surface area contributed by atoms with E-state index in [2.05, 4.69) is 10.3 Å². The molecule has 2 amide bonds. The van der Waals surface area contributed by atoms with E-state index in [0.29, 0.717) is 22.5 Å². The van der Waals surface area contributed by atoms with Crippen LogP contribution in [0.1, 0.15) is 50.2 Å². The van der Waals surface area contributed by atoms with Gasteiger partial charge in [-0.3, -0.25) is 14.4 Å². The molecule has 4 rings (SSSR count). The van der Waals surface area contributed by atoms with Gasteiger partial charge in [0, 0.05) is 6.20 Å². The minimum Gasteiger partial charge on any atom is -0.427 e. The van der Waals surface area contributed by atoms with Gasteiger partial charge in [0.1, 0.15) is 11.4 Å². The standard InChI is InChI=1S/C26H28ClN3O7/c1-13(31)20-19-11-15(14-7-8-17(16(27)10-14)29-22(32)18-6-5-9-28-18)21(30(19)23(20)33)24(34)36-12-37-25(35)26(2,3)4/h5-10,13,19-20,28,31H,11-12H2,1-4H3,(H,29,32)/t13-,19-,20-/m1/s1. The zero-order valence-electron chi connectivity index (χ0n) is 20.8. The number of H-pyrrole nitrogens is 1. The first-order valence-electron chi connectivity index (χ1n) is 11.7. The molecule has 2 aliphatic heterocycles. The van der Waals surface area contributed by atoms with Crippen LogP contribution in [0.3, 0.4) is 0 Å². The van der Waals surface area contributed by atoms with E-state index in [9.17, 15) is 24.3 Å². The highest BCUT2D eigenvalue weighted by molar-refractivity contribution is 6.34. The van der Waals surface area contributed by atoms with E-state index in [0.717, 1.165) is 0 Å². The zero-order chi connectivity index (χ0) is 27.1. The maximum Gasteiger partial charge on any atom is 0.358 e. The van der Waals surface area contributed by atoms with Gasteiger partial charge in [0.2, 0.25) is 12.7 Å². The lowest BCUT2D eigenvalue weighted by Crippen LogP contribution is -2.61. The van der Waals surface area contributed by atoms with E-state index in [-0.39, 0.29) is 23.0 Å². The Bertz CT molecular complexity index is 1280. The number of halogens is 1. The molecular weight excluding hydrogens is 502 g/mol. The summed E-state index contributed by atoms with van der Waals surface area (Å²) >= 11 is 6.46. The van der Waals surface area contributed by atoms with E-state index < -0.39 is 48.1 Å². The van der Waals surface area contributed by atoms with Gasteiger partial charge in [0.25, 0.3) is 5.91 Å². The van der Waals surface area contributed by atoms with Crippen molar-refractivity contribution in [3.63, 3.8) is 0 Å². The van der Waals surface area contributed by atoms with Crippen LogP contribution in [0, 0.1) is 11.3 Å². The van der Waals surface area contributed by atoms with Crippen molar-refractivity contribution < 1.29 is 33.8 Å². The van der Waals surface area contributed by atoms with Crippen LogP contribution in [0.5, 0.6) is 0 Å². The topological polar surface area (TPSA) is 138 Å². The van der Waals surface area contributed by atoms with Gasteiger partial charge < -0.3 is 29.8 Å². The van der Waals surface area contributed by atoms with Crippen LogP contribution in [0.4, 0.5) is 5.69 Å². The number of aromatic nitrogens is 1. The fraction of sp³-hybridized carbons (Fsp3) is 0.385. The molecule has 1 aromatic heterocycles. The second kappa shape index (κ2) is 10.0. The molecule has 2 aromatic rings. The summed E-state index contributed by atoms with van der Waals surface area (Å²) in [6.45, 7) is 5.93. The minimum atomic E-state index is -0.896. The lowest BCUT2D eigenvalue weighted by molar-refractivity contribution is -0.175. The Morgan fingerprint density at radius 2 is 1.97 bits per heavy atom. The number of esters is 2. The van der Waals surface area contributed by atoms with E-state index in [1.807, 2.05) is 0 Å². The number of rotatable bonds is 7. The van der Waals surface area contributed by atoms with Crippen molar-refractivity contribution in [2.75, 3.05) is 12.1 Å². The van der Waals surface area contributed by atoms with E-state index in [1.165, 1.54) is 11.8 Å². The van der Waals surface area contributed by atoms with Crippen molar-refractivity contribution in [2.45, 2.75) is 46.3 Å². The van der Waals surface area contributed by atoms with Crippen molar-refractivity contribution >= 4 is 46.6 Å². The number of aliphatic hydroxyl groups is 1. The van der Waals surface area contributed by atoms with Crippen molar-refractivity contribution in [2.24, 2.45) is 11.3 Å². The summed E-state index contributed by atoms with van der Waals surface area (Å²) in [5, 5.41) is 13.0. The molecule has 0 unspecified atom stereocenters.